The molecule has 0 atom stereocenters. The van der Waals surface area contributed by atoms with E-state index in [1.165, 1.54) is 29.8 Å². The molecule has 0 unspecified atom stereocenters. The summed E-state index contributed by atoms with van der Waals surface area (Å²) in [7, 11) is 0. The third kappa shape index (κ3) is 3.82. The van der Waals surface area contributed by atoms with Gasteiger partial charge in [0.25, 0.3) is 0 Å². The molecule has 0 spiro atoms. The average molecular weight is 403 g/mol. The van der Waals surface area contributed by atoms with Gasteiger partial charge in [-0.1, -0.05) is 0 Å². The first-order chi connectivity index (χ1) is 13.7. The summed E-state index contributed by atoms with van der Waals surface area (Å²) in [6, 6.07) is 4.23. The van der Waals surface area contributed by atoms with Crippen molar-refractivity contribution in [1.29, 1.82) is 0 Å². The van der Waals surface area contributed by atoms with Crippen molar-refractivity contribution in [3.8, 4) is 5.75 Å². The van der Waals surface area contributed by atoms with Gasteiger partial charge in [0.15, 0.2) is 6.29 Å². The van der Waals surface area contributed by atoms with Gasteiger partial charge in [-0.05, 0) is 24.6 Å². The summed E-state index contributed by atoms with van der Waals surface area (Å²) in [4.78, 5) is 21.1. The van der Waals surface area contributed by atoms with Crippen LogP contribution in [-0.4, -0.2) is 48.8 Å². The van der Waals surface area contributed by atoms with Crippen molar-refractivity contribution >= 4 is 39.3 Å². The Morgan fingerprint density at radius 1 is 1.29 bits per heavy atom. The van der Waals surface area contributed by atoms with Crippen molar-refractivity contribution < 1.29 is 23.4 Å². The molecule has 1 saturated heterocycles. The van der Waals surface area contributed by atoms with Gasteiger partial charge in [-0.25, -0.2) is 14.4 Å². The van der Waals surface area contributed by atoms with Crippen molar-refractivity contribution in [2.45, 2.75) is 13.0 Å². The Kier molecular flexibility index (Phi) is 5.47. The molecular weight excluding hydrogens is 385 g/mol. The zero-order valence-electron chi connectivity index (χ0n) is 15.1. The number of benzene rings is 1. The lowest BCUT2D eigenvalue weighted by Crippen LogP contribution is -2.26. The van der Waals surface area contributed by atoms with Gasteiger partial charge in [0.05, 0.1) is 42.4 Å². The number of carbonyl (C=O) groups is 1. The number of rotatable bonds is 5. The quantitative estimate of drug-likeness (QED) is 0.653. The van der Waals surface area contributed by atoms with Crippen LogP contribution >= 0.6 is 11.3 Å². The van der Waals surface area contributed by atoms with E-state index in [0.717, 1.165) is 17.2 Å². The molecule has 146 valence electrons. The number of anilines is 2. The van der Waals surface area contributed by atoms with E-state index in [2.05, 4.69) is 15.3 Å². The predicted octanol–water partition coefficient (Wildman–Crippen LogP) is 3.49. The Balaban J connectivity index is 1.67. The SMILES string of the molecule is Cc1c(C=O)sc2ncnc(Nc3ccc(F)cc3OC3COCCOC3)c12. The minimum Gasteiger partial charge on any atom is -0.483 e. The second-order valence-electron chi connectivity index (χ2n) is 6.27. The van der Waals surface area contributed by atoms with E-state index in [4.69, 9.17) is 14.2 Å². The molecule has 2 aromatic heterocycles. The molecule has 0 radical (unpaired) electrons. The smallest absolute Gasteiger partial charge is 0.160 e. The van der Waals surface area contributed by atoms with Crippen LogP contribution in [0.4, 0.5) is 15.9 Å². The van der Waals surface area contributed by atoms with Crippen LogP contribution in [0.1, 0.15) is 15.2 Å². The summed E-state index contributed by atoms with van der Waals surface area (Å²) in [6.45, 7) is 3.58. The lowest BCUT2D eigenvalue weighted by atomic mass is 10.2. The van der Waals surface area contributed by atoms with Crippen LogP contribution in [0.2, 0.25) is 0 Å². The van der Waals surface area contributed by atoms with Crippen LogP contribution in [0.5, 0.6) is 5.75 Å². The van der Waals surface area contributed by atoms with Crippen LogP contribution in [0.25, 0.3) is 10.2 Å². The maximum Gasteiger partial charge on any atom is 0.160 e. The normalized spacial score (nSPS) is 15.4. The highest BCUT2D eigenvalue weighted by molar-refractivity contribution is 7.20. The largest absolute Gasteiger partial charge is 0.483 e. The number of hydrogen-bond acceptors (Lipinski definition) is 8. The summed E-state index contributed by atoms with van der Waals surface area (Å²) < 4.78 is 30.7. The monoisotopic (exact) mass is 403 g/mol. The third-order valence-electron chi connectivity index (χ3n) is 4.34. The number of hydrogen-bond donors (Lipinski definition) is 1. The predicted molar refractivity (Wildman–Crippen MR) is 103 cm³/mol. The topological polar surface area (TPSA) is 82.6 Å². The number of halogens is 1. The van der Waals surface area contributed by atoms with E-state index in [0.29, 0.717) is 53.4 Å². The molecule has 4 rings (SSSR count). The molecule has 3 heterocycles. The van der Waals surface area contributed by atoms with Gasteiger partial charge in [0.1, 0.15) is 34.6 Å². The second-order valence-corrected chi connectivity index (χ2v) is 7.30. The lowest BCUT2D eigenvalue weighted by molar-refractivity contribution is 0.0601. The zero-order valence-corrected chi connectivity index (χ0v) is 15.9. The van der Waals surface area contributed by atoms with Crippen molar-refractivity contribution in [1.82, 2.24) is 9.97 Å². The number of nitrogens with one attached hydrogen (secondary N) is 1. The summed E-state index contributed by atoms with van der Waals surface area (Å²) in [5.74, 6) is 0.435. The fraction of sp³-hybridized carbons (Fsp3) is 0.316. The van der Waals surface area contributed by atoms with Gasteiger partial charge in [-0.15, -0.1) is 11.3 Å². The van der Waals surface area contributed by atoms with Crippen molar-refractivity contribution in [2.24, 2.45) is 0 Å². The molecule has 9 heteroatoms. The Morgan fingerprint density at radius 3 is 2.82 bits per heavy atom. The second kappa shape index (κ2) is 8.17. The molecule has 28 heavy (non-hydrogen) atoms. The molecule has 3 aromatic rings. The van der Waals surface area contributed by atoms with Crippen LogP contribution in [-0.2, 0) is 9.47 Å². The minimum atomic E-state index is -0.418. The number of nitrogens with zero attached hydrogens (tertiary/aromatic N) is 2. The van der Waals surface area contributed by atoms with E-state index in [9.17, 15) is 9.18 Å². The maximum absolute atomic E-state index is 13.9. The summed E-state index contributed by atoms with van der Waals surface area (Å²) in [5, 5.41) is 3.95. The highest BCUT2D eigenvalue weighted by Crippen LogP contribution is 2.36. The van der Waals surface area contributed by atoms with Crippen molar-refractivity contribution in [2.75, 3.05) is 31.7 Å². The molecule has 1 aliphatic rings. The number of thiophene rings is 1. The number of fused-ring (bicyclic) bond motifs is 1. The van der Waals surface area contributed by atoms with E-state index in [-0.39, 0.29) is 6.10 Å². The highest BCUT2D eigenvalue weighted by atomic mass is 32.1. The van der Waals surface area contributed by atoms with Crippen LogP contribution < -0.4 is 10.1 Å². The Hall–Kier alpha value is -2.62. The Bertz CT molecular complexity index is 1000. The molecule has 7 nitrogen and oxygen atoms in total. The third-order valence-corrected chi connectivity index (χ3v) is 5.47. The molecule has 0 aliphatic carbocycles. The molecule has 0 amide bonds. The average Bonchev–Trinajstić information content (AvgIpc) is 2.85. The number of aromatic nitrogens is 2. The Morgan fingerprint density at radius 2 is 2.07 bits per heavy atom. The summed E-state index contributed by atoms with van der Waals surface area (Å²) in [5.41, 5.74) is 1.34. The van der Waals surface area contributed by atoms with Crippen molar-refractivity contribution in [3.63, 3.8) is 0 Å². The zero-order chi connectivity index (χ0) is 19.5. The number of carbonyl (C=O) groups excluding carboxylic acids is 1. The standard InChI is InChI=1S/C19H18FN3O4S/c1-11-16(7-24)28-19-17(11)18(21-10-22-19)23-14-3-2-12(20)6-15(14)27-13-8-25-4-5-26-9-13/h2-3,6-7,10,13H,4-5,8-9H2,1H3,(H,21,22,23). The molecular formula is C19H18FN3O4S. The first-order valence-electron chi connectivity index (χ1n) is 8.73. The van der Waals surface area contributed by atoms with Gasteiger partial charge in [0.2, 0.25) is 0 Å². The van der Waals surface area contributed by atoms with Gasteiger partial charge in [-0.3, -0.25) is 4.79 Å². The highest BCUT2D eigenvalue weighted by Gasteiger charge is 2.19. The fourth-order valence-electron chi connectivity index (χ4n) is 2.96. The van der Waals surface area contributed by atoms with Gasteiger partial charge < -0.3 is 19.5 Å². The van der Waals surface area contributed by atoms with E-state index in [1.807, 2.05) is 6.92 Å². The first kappa shape index (κ1) is 18.7. The number of aryl methyl sites for hydroxylation is 1. The number of aldehydes is 1. The molecule has 1 aliphatic heterocycles. The molecule has 1 N–H and O–H groups in total. The summed E-state index contributed by atoms with van der Waals surface area (Å²) >= 11 is 1.30. The summed E-state index contributed by atoms with van der Waals surface area (Å²) in [6.07, 6.45) is 1.88. The molecule has 0 saturated carbocycles. The van der Waals surface area contributed by atoms with Crippen LogP contribution in [0.3, 0.4) is 0 Å². The van der Waals surface area contributed by atoms with E-state index < -0.39 is 5.82 Å². The number of ether oxygens (including phenoxy) is 3. The molecule has 1 fully saturated rings. The lowest BCUT2D eigenvalue weighted by Gasteiger charge is -2.19. The van der Waals surface area contributed by atoms with Gasteiger partial charge >= 0.3 is 0 Å². The maximum atomic E-state index is 13.9. The van der Waals surface area contributed by atoms with E-state index >= 15 is 0 Å². The fourth-order valence-corrected chi connectivity index (χ4v) is 3.93. The van der Waals surface area contributed by atoms with Crippen LogP contribution in [0, 0.1) is 12.7 Å². The first-order valence-corrected chi connectivity index (χ1v) is 9.55. The van der Waals surface area contributed by atoms with E-state index in [1.54, 1.807) is 6.07 Å². The van der Waals surface area contributed by atoms with Crippen molar-refractivity contribution in [3.05, 3.63) is 40.8 Å². The van der Waals surface area contributed by atoms with Gasteiger partial charge in [-0.2, -0.15) is 0 Å². The minimum absolute atomic E-state index is 0.328. The van der Waals surface area contributed by atoms with Crippen LogP contribution in [0.15, 0.2) is 24.5 Å². The molecule has 1 aromatic carbocycles. The molecule has 0 bridgehead atoms. The van der Waals surface area contributed by atoms with Gasteiger partial charge in [0, 0.05) is 6.07 Å². The Labute approximate surface area is 164 Å².